The van der Waals surface area contributed by atoms with Crippen LogP contribution in [0.4, 0.5) is 29.3 Å². The number of nitrogens with one attached hydrogen (secondary N) is 3. The molecule has 1 aliphatic rings. The molecule has 0 aliphatic carbocycles. The zero-order valence-corrected chi connectivity index (χ0v) is 22.6. The lowest BCUT2D eigenvalue weighted by atomic mass is 10.1. The van der Waals surface area contributed by atoms with Gasteiger partial charge in [0.2, 0.25) is 0 Å². The summed E-state index contributed by atoms with van der Waals surface area (Å²) < 4.78 is 57.3. The van der Waals surface area contributed by atoms with Gasteiger partial charge in [-0.15, -0.1) is 0 Å². The zero-order chi connectivity index (χ0) is 29.4. The summed E-state index contributed by atoms with van der Waals surface area (Å²) in [6.45, 7) is 3.31. The number of benzene rings is 2. The Hall–Kier alpha value is -4.07. The van der Waals surface area contributed by atoms with Crippen molar-refractivity contribution in [2.75, 3.05) is 57.1 Å². The topological polar surface area (TPSA) is 114 Å². The summed E-state index contributed by atoms with van der Waals surface area (Å²) >= 11 is 5.89. The molecule has 4 rings (SSSR count). The number of alkyl halides is 3. The van der Waals surface area contributed by atoms with Gasteiger partial charge in [-0.1, -0.05) is 11.6 Å². The molecule has 1 aliphatic heterocycles. The predicted molar refractivity (Wildman–Crippen MR) is 146 cm³/mol. The van der Waals surface area contributed by atoms with Crippen LogP contribution in [0.25, 0.3) is 0 Å². The Morgan fingerprint density at radius 2 is 1.78 bits per heavy atom. The monoisotopic (exact) mass is 593 g/mol. The highest BCUT2D eigenvalue weighted by atomic mass is 35.5. The normalized spacial score (nSPS) is 13.8. The van der Waals surface area contributed by atoms with E-state index >= 15 is 0 Å². The highest BCUT2D eigenvalue weighted by Crippen LogP contribution is 2.40. The van der Waals surface area contributed by atoms with E-state index in [0.717, 1.165) is 12.1 Å². The molecule has 2 heterocycles. The highest BCUT2D eigenvalue weighted by Gasteiger charge is 2.34. The van der Waals surface area contributed by atoms with Crippen LogP contribution in [0, 0.1) is 0 Å². The molecule has 0 saturated carbocycles. The smallest absolute Gasteiger partial charge is 0.417 e. The quantitative estimate of drug-likeness (QED) is 0.310. The minimum absolute atomic E-state index is 0.00336. The maximum Gasteiger partial charge on any atom is 0.417 e. The number of hydrogen-bond acceptors (Lipinski definition) is 7. The summed E-state index contributed by atoms with van der Waals surface area (Å²) in [5.74, 6) is 0.424. The van der Waals surface area contributed by atoms with Crippen LogP contribution in [-0.4, -0.2) is 68.3 Å². The Labute approximate surface area is 238 Å². The average Bonchev–Trinajstić information content (AvgIpc) is 2.95. The van der Waals surface area contributed by atoms with Crippen LogP contribution < -0.4 is 25.4 Å². The minimum atomic E-state index is -4.73. The predicted octanol–water partition coefficient (Wildman–Crippen LogP) is 5.26. The first-order valence-corrected chi connectivity index (χ1v) is 12.9. The summed E-state index contributed by atoms with van der Waals surface area (Å²) in [4.78, 5) is 30.5. The molecule has 3 amide bonds. The van der Waals surface area contributed by atoms with Crippen LogP contribution in [0.5, 0.6) is 17.2 Å². The Morgan fingerprint density at radius 1 is 1.05 bits per heavy atom. The number of pyridine rings is 1. The average molecular weight is 594 g/mol. The van der Waals surface area contributed by atoms with Crippen molar-refractivity contribution in [3.8, 4) is 17.2 Å². The van der Waals surface area contributed by atoms with Gasteiger partial charge in [-0.2, -0.15) is 13.2 Å². The van der Waals surface area contributed by atoms with Crippen molar-refractivity contribution in [1.29, 1.82) is 0 Å². The minimum Gasteiger partial charge on any atom is -0.490 e. The van der Waals surface area contributed by atoms with Crippen molar-refractivity contribution in [1.82, 2.24) is 15.2 Å². The third kappa shape index (κ3) is 8.46. The summed E-state index contributed by atoms with van der Waals surface area (Å²) in [6, 6.07) is 10.3. The molecule has 2 aromatic carbocycles. The molecule has 0 bridgehead atoms. The molecule has 10 nitrogen and oxygen atoms in total. The SMILES string of the molecule is CNC(=O)c1cc(Oc2ccc(NC(=O)Nc3cc(C(F)(F)F)c(Cl)cc3OCCN3CCOCC3)cc2)ccn1. The van der Waals surface area contributed by atoms with Crippen LogP contribution in [0.2, 0.25) is 5.02 Å². The standard InChI is InChI=1S/C27H27ClF3N5O5/c1-32-25(37)23-14-19(6-7-33-23)41-18-4-2-17(3-5-18)34-26(38)35-22-15-20(27(29,30)31)21(28)16-24(22)40-13-10-36-8-11-39-12-9-36/h2-7,14-16H,8-13H2,1H3,(H,32,37)(H2,34,35,38). The largest absolute Gasteiger partial charge is 0.490 e. The van der Waals surface area contributed by atoms with Crippen molar-refractivity contribution in [2.45, 2.75) is 6.18 Å². The number of hydrogen-bond donors (Lipinski definition) is 3. The second-order valence-corrected chi connectivity index (χ2v) is 9.20. The van der Waals surface area contributed by atoms with Crippen LogP contribution in [0.1, 0.15) is 16.1 Å². The van der Waals surface area contributed by atoms with Crippen LogP contribution in [-0.2, 0) is 10.9 Å². The van der Waals surface area contributed by atoms with Crippen molar-refractivity contribution in [2.24, 2.45) is 0 Å². The van der Waals surface area contributed by atoms with Gasteiger partial charge in [0, 0.05) is 50.7 Å². The number of nitrogens with zero attached hydrogens (tertiary/aromatic N) is 2. The van der Waals surface area contributed by atoms with Gasteiger partial charge in [-0.3, -0.25) is 14.7 Å². The maximum absolute atomic E-state index is 13.5. The number of rotatable bonds is 9. The molecule has 0 spiro atoms. The molecular weight excluding hydrogens is 567 g/mol. The number of urea groups is 1. The lowest BCUT2D eigenvalue weighted by molar-refractivity contribution is -0.137. The van der Waals surface area contributed by atoms with E-state index in [2.05, 4.69) is 25.8 Å². The third-order valence-electron chi connectivity index (χ3n) is 5.93. The van der Waals surface area contributed by atoms with E-state index in [9.17, 15) is 22.8 Å². The van der Waals surface area contributed by atoms with E-state index in [1.165, 1.54) is 19.3 Å². The number of anilines is 2. The number of aromatic nitrogens is 1. The van der Waals surface area contributed by atoms with Crippen molar-refractivity contribution >= 4 is 34.9 Å². The summed E-state index contributed by atoms with van der Waals surface area (Å²) in [5, 5.41) is 6.91. The lowest BCUT2D eigenvalue weighted by Gasteiger charge is -2.26. The molecule has 0 radical (unpaired) electrons. The van der Waals surface area contributed by atoms with E-state index in [1.54, 1.807) is 30.3 Å². The van der Waals surface area contributed by atoms with Gasteiger partial charge in [-0.05, 0) is 36.4 Å². The molecule has 14 heteroatoms. The first-order valence-electron chi connectivity index (χ1n) is 12.5. The molecule has 41 heavy (non-hydrogen) atoms. The fourth-order valence-electron chi connectivity index (χ4n) is 3.85. The number of morpholine rings is 1. The zero-order valence-electron chi connectivity index (χ0n) is 21.9. The van der Waals surface area contributed by atoms with Gasteiger partial charge >= 0.3 is 12.2 Å². The van der Waals surface area contributed by atoms with E-state index < -0.39 is 22.8 Å². The number of halogens is 4. The number of carbonyl (C=O) groups is 2. The molecule has 0 unspecified atom stereocenters. The Morgan fingerprint density at radius 3 is 2.46 bits per heavy atom. The second kappa shape index (κ2) is 13.5. The fourth-order valence-corrected chi connectivity index (χ4v) is 4.11. The molecular formula is C27H27ClF3N5O5. The van der Waals surface area contributed by atoms with Crippen LogP contribution >= 0.6 is 11.6 Å². The number of ether oxygens (including phenoxy) is 3. The van der Waals surface area contributed by atoms with Crippen molar-refractivity contribution in [3.63, 3.8) is 0 Å². The van der Waals surface area contributed by atoms with Gasteiger partial charge in [0.25, 0.3) is 5.91 Å². The van der Waals surface area contributed by atoms with E-state index in [-0.39, 0.29) is 29.6 Å². The van der Waals surface area contributed by atoms with Gasteiger partial charge in [0.05, 0.1) is 29.5 Å². The molecule has 3 aromatic rings. The summed E-state index contributed by atoms with van der Waals surface area (Å²) in [7, 11) is 1.49. The molecule has 1 fully saturated rings. The molecule has 0 atom stereocenters. The van der Waals surface area contributed by atoms with Crippen molar-refractivity contribution < 1.29 is 37.0 Å². The lowest BCUT2D eigenvalue weighted by Crippen LogP contribution is -2.38. The molecule has 1 aromatic heterocycles. The van der Waals surface area contributed by atoms with Crippen LogP contribution in [0.3, 0.4) is 0 Å². The molecule has 3 N–H and O–H groups in total. The highest BCUT2D eigenvalue weighted by molar-refractivity contribution is 6.31. The second-order valence-electron chi connectivity index (χ2n) is 8.79. The third-order valence-corrected chi connectivity index (χ3v) is 6.24. The molecule has 218 valence electrons. The fraction of sp³-hybridized carbons (Fsp3) is 0.296. The van der Waals surface area contributed by atoms with E-state index in [4.69, 9.17) is 25.8 Å². The first kappa shape index (κ1) is 29.9. The Bertz CT molecular complexity index is 1370. The van der Waals surface area contributed by atoms with Gasteiger partial charge in [0.1, 0.15) is 29.5 Å². The maximum atomic E-state index is 13.5. The van der Waals surface area contributed by atoms with E-state index in [0.29, 0.717) is 50.0 Å². The summed E-state index contributed by atoms with van der Waals surface area (Å²) in [6.07, 6.45) is -3.30. The van der Waals surface area contributed by atoms with Crippen molar-refractivity contribution in [3.05, 3.63) is 71.0 Å². The van der Waals surface area contributed by atoms with E-state index in [1.807, 2.05) is 0 Å². The number of carbonyl (C=O) groups excluding carboxylic acids is 2. The van der Waals surface area contributed by atoms with Crippen LogP contribution in [0.15, 0.2) is 54.7 Å². The summed E-state index contributed by atoms with van der Waals surface area (Å²) in [5.41, 5.74) is -0.770. The Kier molecular flexibility index (Phi) is 9.86. The molecule has 1 saturated heterocycles. The van der Waals surface area contributed by atoms with Gasteiger partial charge in [-0.25, -0.2) is 4.79 Å². The van der Waals surface area contributed by atoms with Gasteiger partial charge in [0.15, 0.2) is 0 Å². The Balaban J connectivity index is 1.41. The number of amides is 3. The van der Waals surface area contributed by atoms with Gasteiger partial charge < -0.3 is 30.2 Å². The first-order chi connectivity index (χ1) is 19.6.